The molecule has 0 saturated carbocycles. The van der Waals surface area contributed by atoms with Crippen molar-refractivity contribution in [1.29, 1.82) is 0 Å². The number of hydrogen-bond acceptors (Lipinski definition) is 4. The molecule has 3 aromatic carbocycles. The van der Waals surface area contributed by atoms with Gasteiger partial charge < -0.3 is 14.2 Å². The third-order valence-electron chi connectivity index (χ3n) is 8.22. The second kappa shape index (κ2) is 13.5. The second-order valence-corrected chi connectivity index (χ2v) is 11.7. The molecule has 0 amide bonds. The fourth-order valence-electron chi connectivity index (χ4n) is 5.90. The number of piperidine rings is 1. The molecule has 2 atom stereocenters. The van der Waals surface area contributed by atoms with E-state index < -0.39 is 0 Å². The number of carbonyl (C=O) groups excluding carboxylic acids is 1. The van der Waals surface area contributed by atoms with Crippen molar-refractivity contribution in [2.45, 2.75) is 59.1 Å². The number of aryl methyl sites for hydroxylation is 2. The Morgan fingerprint density at radius 1 is 1.05 bits per heavy atom. The van der Waals surface area contributed by atoms with E-state index in [1.807, 2.05) is 54.6 Å². The number of rotatable bonds is 12. The van der Waals surface area contributed by atoms with Gasteiger partial charge in [-0.1, -0.05) is 61.0 Å². The summed E-state index contributed by atoms with van der Waals surface area (Å²) in [5.41, 5.74) is 4.25. The van der Waals surface area contributed by atoms with E-state index in [1.165, 1.54) is 30.3 Å². The van der Waals surface area contributed by atoms with Gasteiger partial charge in [-0.25, -0.2) is 4.98 Å². The van der Waals surface area contributed by atoms with Crippen molar-refractivity contribution in [3.8, 4) is 5.75 Å². The number of hydrogen-bond donors (Lipinski definition) is 0. The SMILES string of the molecule is Cc1cccc2c1nc(COc1ccc(Cl)cc1)n2CCCC1CCCN(CCC(C)C(=O)c2ccccc2)C1. The summed E-state index contributed by atoms with van der Waals surface area (Å²) in [7, 11) is 0. The standard InChI is InChI=1S/C34H40ClN3O2/c1-25-9-6-14-31-33(25)36-32(24-40-30-17-15-29(35)16-18-30)38(31)21-8-11-27-10-7-20-37(23-27)22-19-26(2)34(39)28-12-4-3-5-13-28/h3-6,9,12-18,26-27H,7-8,10-11,19-24H2,1-2H3. The van der Waals surface area contributed by atoms with Crippen molar-refractivity contribution in [2.24, 2.45) is 11.8 Å². The molecule has 5 rings (SSSR count). The summed E-state index contributed by atoms with van der Waals surface area (Å²) in [4.78, 5) is 20.3. The number of fused-ring (bicyclic) bond motifs is 1. The number of nitrogens with zero attached hydrogens (tertiary/aromatic N) is 3. The highest BCUT2D eigenvalue weighted by atomic mass is 35.5. The molecule has 210 valence electrons. The third kappa shape index (κ3) is 7.13. The fourth-order valence-corrected chi connectivity index (χ4v) is 6.02. The summed E-state index contributed by atoms with van der Waals surface area (Å²) < 4.78 is 8.43. The quantitative estimate of drug-likeness (QED) is 0.166. The molecule has 5 nitrogen and oxygen atoms in total. The zero-order valence-corrected chi connectivity index (χ0v) is 24.4. The summed E-state index contributed by atoms with van der Waals surface area (Å²) in [5, 5.41) is 0.701. The largest absolute Gasteiger partial charge is 0.486 e. The first-order valence-electron chi connectivity index (χ1n) is 14.6. The Balaban J connectivity index is 1.15. The number of likely N-dealkylation sites (tertiary alicyclic amines) is 1. The van der Waals surface area contributed by atoms with E-state index in [0.29, 0.717) is 17.5 Å². The maximum atomic E-state index is 12.8. The topological polar surface area (TPSA) is 47.4 Å². The van der Waals surface area contributed by atoms with Crippen molar-refractivity contribution in [2.75, 3.05) is 19.6 Å². The van der Waals surface area contributed by atoms with E-state index in [0.717, 1.165) is 61.7 Å². The van der Waals surface area contributed by atoms with E-state index in [1.54, 1.807) is 0 Å². The van der Waals surface area contributed by atoms with Crippen molar-refractivity contribution in [3.05, 3.63) is 94.8 Å². The van der Waals surface area contributed by atoms with E-state index >= 15 is 0 Å². The first-order valence-corrected chi connectivity index (χ1v) is 15.0. The Kier molecular flexibility index (Phi) is 9.56. The molecule has 1 saturated heterocycles. The molecule has 0 spiro atoms. The summed E-state index contributed by atoms with van der Waals surface area (Å²) in [6, 6.07) is 23.6. The van der Waals surface area contributed by atoms with E-state index in [9.17, 15) is 4.79 Å². The maximum Gasteiger partial charge on any atom is 0.165 e. The van der Waals surface area contributed by atoms with Crippen molar-refractivity contribution < 1.29 is 9.53 Å². The molecule has 1 aromatic heterocycles. The summed E-state index contributed by atoms with van der Waals surface area (Å²) >= 11 is 6.03. The summed E-state index contributed by atoms with van der Waals surface area (Å²) in [6.45, 7) is 8.80. The molecule has 0 N–H and O–H groups in total. The molecular weight excluding hydrogens is 518 g/mol. The van der Waals surface area contributed by atoms with Crippen LogP contribution in [-0.2, 0) is 13.2 Å². The van der Waals surface area contributed by atoms with Crippen LogP contribution in [0.15, 0.2) is 72.8 Å². The Bertz CT molecular complexity index is 1400. The monoisotopic (exact) mass is 557 g/mol. The number of imidazole rings is 1. The van der Waals surface area contributed by atoms with Gasteiger partial charge in [-0.15, -0.1) is 0 Å². The van der Waals surface area contributed by atoms with Crippen LogP contribution in [0, 0.1) is 18.8 Å². The van der Waals surface area contributed by atoms with Gasteiger partial charge in [0.2, 0.25) is 0 Å². The number of ketones is 1. The third-order valence-corrected chi connectivity index (χ3v) is 8.47. The predicted molar refractivity (Wildman–Crippen MR) is 163 cm³/mol. The number of para-hydroxylation sites is 1. The molecule has 2 unspecified atom stereocenters. The molecule has 40 heavy (non-hydrogen) atoms. The van der Waals surface area contributed by atoms with Gasteiger partial charge in [0.1, 0.15) is 18.2 Å². The molecule has 4 aromatic rings. The minimum atomic E-state index is 0.0502. The number of aromatic nitrogens is 2. The van der Waals surface area contributed by atoms with Crippen LogP contribution >= 0.6 is 11.6 Å². The van der Waals surface area contributed by atoms with Crippen LogP contribution in [0.1, 0.15) is 60.8 Å². The average molecular weight is 558 g/mol. The lowest BCUT2D eigenvalue weighted by atomic mass is 9.92. The number of halogens is 1. The molecule has 1 aliphatic heterocycles. The van der Waals surface area contributed by atoms with Gasteiger partial charge >= 0.3 is 0 Å². The Labute approximate surface area is 243 Å². The van der Waals surface area contributed by atoms with Gasteiger partial charge in [-0.2, -0.15) is 0 Å². The number of carbonyl (C=O) groups is 1. The molecule has 0 radical (unpaired) electrons. The normalized spacial score (nSPS) is 16.7. The molecule has 1 aliphatic rings. The highest BCUT2D eigenvalue weighted by molar-refractivity contribution is 6.30. The fraction of sp³-hybridized carbons (Fsp3) is 0.412. The van der Waals surface area contributed by atoms with Crippen LogP contribution in [0.4, 0.5) is 0 Å². The van der Waals surface area contributed by atoms with Crippen LogP contribution in [0.25, 0.3) is 11.0 Å². The smallest absolute Gasteiger partial charge is 0.165 e. The van der Waals surface area contributed by atoms with Crippen molar-refractivity contribution in [3.63, 3.8) is 0 Å². The van der Waals surface area contributed by atoms with Crippen molar-refractivity contribution in [1.82, 2.24) is 14.5 Å². The number of ether oxygens (including phenoxy) is 1. The van der Waals surface area contributed by atoms with Crippen LogP contribution in [0.2, 0.25) is 5.02 Å². The van der Waals surface area contributed by atoms with Gasteiger partial charge in [0, 0.05) is 29.6 Å². The van der Waals surface area contributed by atoms with E-state index in [-0.39, 0.29) is 11.7 Å². The zero-order valence-electron chi connectivity index (χ0n) is 23.7. The first-order chi connectivity index (χ1) is 19.5. The molecule has 2 heterocycles. The first kappa shape index (κ1) is 28.4. The Morgan fingerprint density at radius 2 is 1.85 bits per heavy atom. The molecule has 0 bridgehead atoms. The predicted octanol–water partition coefficient (Wildman–Crippen LogP) is 7.98. The Hall–Kier alpha value is -3.15. The highest BCUT2D eigenvalue weighted by Crippen LogP contribution is 2.26. The molecule has 6 heteroatoms. The molecule has 0 aliphatic carbocycles. The van der Waals surface area contributed by atoms with Gasteiger partial charge in [0.15, 0.2) is 5.78 Å². The zero-order chi connectivity index (χ0) is 27.9. The van der Waals surface area contributed by atoms with Crippen molar-refractivity contribution >= 4 is 28.4 Å². The van der Waals surface area contributed by atoms with E-state index in [4.69, 9.17) is 21.3 Å². The number of Topliss-reactive ketones (excluding diaryl/α,β-unsaturated/α-hetero) is 1. The summed E-state index contributed by atoms with van der Waals surface area (Å²) in [6.07, 6.45) is 5.73. The highest BCUT2D eigenvalue weighted by Gasteiger charge is 2.22. The lowest BCUT2D eigenvalue weighted by Gasteiger charge is -2.33. The van der Waals surface area contributed by atoms with Gasteiger partial charge in [-0.3, -0.25) is 4.79 Å². The lowest BCUT2D eigenvalue weighted by molar-refractivity contribution is 0.0903. The maximum absolute atomic E-state index is 12.8. The van der Waals surface area contributed by atoms with Crippen LogP contribution < -0.4 is 4.74 Å². The minimum Gasteiger partial charge on any atom is -0.486 e. The number of benzene rings is 3. The summed E-state index contributed by atoms with van der Waals surface area (Å²) in [5.74, 6) is 2.75. The van der Waals surface area contributed by atoms with E-state index in [2.05, 4.69) is 41.5 Å². The van der Waals surface area contributed by atoms with Crippen LogP contribution in [0.3, 0.4) is 0 Å². The van der Waals surface area contributed by atoms with Crippen LogP contribution in [0.5, 0.6) is 5.75 Å². The average Bonchev–Trinajstić information content (AvgIpc) is 3.34. The van der Waals surface area contributed by atoms with Gasteiger partial charge in [-0.05, 0) is 93.9 Å². The molecular formula is C34H40ClN3O2. The lowest BCUT2D eigenvalue weighted by Crippen LogP contribution is -2.37. The van der Waals surface area contributed by atoms with Crippen LogP contribution in [-0.4, -0.2) is 39.9 Å². The second-order valence-electron chi connectivity index (χ2n) is 11.2. The van der Waals surface area contributed by atoms with Gasteiger partial charge in [0.25, 0.3) is 0 Å². The molecule has 1 fully saturated rings. The van der Waals surface area contributed by atoms with Gasteiger partial charge in [0.05, 0.1) is 11.0 Å². The minimum absolute atomic E-state index is 0.0502. The Morgan fingerprint density at radius 3 is 2.65 bits per heavy atom.